The summed E-state index contributed by atoms with van der Waals surface area (Å²) in [7, 11) is 1.63. The van der Waals surface area contributed by atoms with Gasteiger partial charge in [-0.05, 0) is 54.4 Å². The summed E-state index contributed by atoms with van der Waals surface area (Å²) in [5.74, 6) is 0.651. The number of benzene rings is 3. The van der Waals surface area contributed by atoms with Crippen molar-refractivity contribution in [3.63, 3.8) is 0 Å². The molecule has 1 aliphatic heterocycles. The largest absolute Gasteiger partial charge is 0.497 e. The fourth-order valence-electron chi connectivity index (χ4n) is 4.25. The molecule has 1 N–H and O–H groups in total. The second-order valence-corrected chi connectivity index (χ2v) is 8.90. The van der Waals surface area contributed by atoms with Crippen molar-refractivity contribution in [2.75, 3.05) is 7.11 Å². The Labute approximate surface area is 201 Å². The third-order valence-electron chi connectivity index (χ3n) is 5.96. The number of hydrogen-bond acceptors (Lipinski definition) is 3. The van der Waals surface area contributed by atoms with Gasteiger partial charge in [-0.25, -0.2) is 0 Å². The fourth-order valence-corrected chi connectivity index (χ4v) is 4.55. The number of aromatic amines is 1. The molecule has 0 bridgehead atoms. The molecule has 0 radical (unpaired) electrons. The molecule has 7 heteroatoms. The molecule has 1 amide bonds. The molecule has 4 aromatic rings. The van der Waals surface area contributed by atoms with Gasteiger partial charge in [-0.15, -0.1) is 0 Å². The van der Waals surface area contributed by atoms with Crippen LogP contribution < -0.4 is 4.74 Å². The highest BCUT2D eigenvalue weighted by Crippen LogP contribution is 2.44. The average molecular weight is 478 g/mol. The second kappa shape index (κ2) is 8.58. The van der Waals surface area contributed by atoms with Crippen molar-refractivity contribution in [1.82, 2.24) is 15.1 Å². The number of H-pyrrole nitrogens is 1. The van der Waals surface area contributed by atoms with Crippen molar-refractivity contribution in [2.24, 2.45) is 0 Å². The molecule has 1 aromatic heterocycles. The highest BCUT2D eigenvalue weighted by molar-refractivity contribution is 6.42. The van der Waals surface area contributed by atoms with E-state index in [-0.39, 0.29) is 11.9 Å². The van der Waals surface area contributed by atoms with E-state index in [1.165, 1.54) is 5.56 Å². The summed E-state index contributed by atoms with van der Waals surface area (Å²) in [4.78, 5) is 15.4. The van der Waals surface area contributed by atoms with E-state index in [4.69, 9.17) is 27.9 Å². The van der Waals surface area contributed by atoms with Crippen LogP contribution in [-0.2, 0) is 6.54 Å². The Morgan fingerprint density at radius 3 is 2.39 bits per heavy atom. The minimum absolute atomic E-state index is 0.103. The number of nitrogens with zero attached hydrogens (tertiary/aromatic N) is 2. The molecule has 1 unspecified atom stereocenters. The first kappa shape index (κ1) is 21.6. The zero-order valence-corrected chi connectivity index (χ0v) is 19.6. The second-order valence-electron chi connectivity index (χ2n) is 8.08. The number of ether oxygens (including phenoxy) is 1. The van der Waals surface area contributed by atoms with Crippen molar-refractivity contribution < 1.29 is 9.53 Å². The van der Waals surface area contributed by atoms with Gasteiger partial charge < -0.3 is 9.64 Å². The van der Waals surface area contributed by atoms with E-state index in [0.717, 1.165) is 33.7 Å². The first-order chi connectivity index (χ1) is 16.0. The van der Waals surface area contributed by atoms with E-state index in [1.807, 2.05) is 72.5 Å². The predicted octanol–water partition coefficient (Wildman–Crippen LogP) is 6.45. The number of nitrogens with one attached hydrogen (secondary N) is 1. The number of carbonyl (C=O) groups is 1. The van der Waals surface area contributed by atoms with Crippen LogP contribution in [0.4, 0.5) is 0 Å². The number of rotatable bonds is 5. The van der Waals surface area contributed by atoms with Gasteiger partial charge in [0.1, 0.15) is 11.4 Å². The molecule has 1 atom stereocenters. The Bertz CT molecular complexity index is 1330. The van der Waals surface area contributed by atoms with E-state index in [9.17, 15) is 4.79 Å². The Balaban J connectivity index is 1.63. The van der Waals surface area contributed by atoms with Crippen LogP contribution in [0, 0.1) is 6.92 Å². The Morgan fingerprint density at radius 2 is 1.73 bits per heavy atom. The molecule has 5 nitrogen and oxygen atoms in total. The highest BCUT2D eigenvalue weighted by Gasteiger charge is 2.42. The summed E-state index contributed by atoms with van der Waals surface area (Å²) in [5, 5.41) is 8.41. The number of methoxy groups -OCH3 is 1. The minimum atomic E-state index is -0.362. The number of fused-ring (bicyclic) bond motifs is 1. The molecule has 0 aliphatic carbocycles. The van der Waals surface area contributed by atoms with Crippen LogP contribution in [0.25, 0.3) is 11.3 Å². The standard InChI is InChI=1S/C26H21Cl2N3O2/c1-15-3-5-16(6-4-15)14-31-25(18-9-12-20(27)21(28)13-18)22-23(29-30-24(22)26(31)32)17-7-10-19(33-2)11-8-17/h3-13,25H,14H2,1-2H3,(H,29,30). The topological polar surface area (TPSA) is 58.2 Å². The van der Waals surface area contributed by atoms with Crippen molar-refractivity contribution in [1.29, 1.82) is 0 Å². The molecule has 0 saturated carbocycles. The third kappa shape index (κ3) is 3.88. The summed E-state index contributed by atoms with van der Waals surface area (Å²) in [5.41, 5.74) is 6.03. The zero-order valence-electron chi connectivity index (χ0n) is 18.1. The quantitative estimate of drug-likeness (QED) is 0.359. The lowest BCUT2D eigenvalue weighted by Gasteiger charge is -2.27. The maximum atomic E-state index is 13.5. The molecular weight excluding hydrogens is 457 g/mol. The molecule has 2 heterocycles. The first-order valence-corrected chi connectivity index (χ1v) is 11.3. The van der Waals surface area contributed by atoms with E-state index in [1.54, 1.807) is 13.2 Å². The number of aryl methyl sites for hydroxylation is 1. The summed E-state index contributed by atoms with van der Waals surface area (Å²) in [6.07, 6.45) is 0. The summed E-state index contributed by atoms with van der Waals surface area (Å²) < 4.78 is 5.29. The van der Waals surface area contributed by atoms with Gasteiger partial charge in [-0.3, -0.25) is 9.89 Å². The summed E-state index contributed by atoms with van der Waals surface area (Å²) >= 11 is 12.6. The Morgan fingerprint density at radius 1 is 1.00 bits per heavy atom. The number of aromatic nitrogens is 2. The average Bonchev–Trinajstić information content (AvgIpc) is 3.36. The lowest BCUT2D eigenvalue weighted by molar-refractivity contribution is 0.0730. The Kier molecular flexibility index (Phi) is 5.60. The van der Waals surface area contributed by atoms with Crippen LogP contribution in [0.3, 0.4) is 0 Å². The normalized spacial score (nSPS) is 15.1. The van der Waals surface area contributed by atoms with Crippen molar-refractivity contribution in [3.8, 4) is 17.0 Å². The van der Waals surface area contributed by atoms with Gasteiger partial charge in [0.05, 0.1) is 28.9 Å². The van der Waals surface area contributed by atoms with E-state index in [0.29, 0.717) is 22.3 Å². The van der Waals surface area contributed by atoms with Gasteiger partial charge in [0.15, 0.2) is 0 Å². The number of halogens is 2. The van der Waals surface area contributed by atoms with Gasteiger partial charge in [0, 0.05) is 17.7 Å². The Hall–Kier alpha value is -3.28. The zero-order chi connectivity index (χ0) is 23.1. The van der Waals surface area contributed by atoms with Crippen molar-refractivity contribution in [2.45, 2.75) is 19.5 Å². The lowest BCUT2D eigenvalue weighted by Crippen LogP contribution is -2.29. The molecule has 5 rings (SSSR count). The molecule has 3 aromatic carbocycles. The van der Waals surface area contributed by atoms with E-state index in [2.05, 4.69) is 10.2 Å². The van der Waals surface area contributed by atoms with E-state index < -0.39 is 0 Å². The number of amides is 1. The minimum Gasteiger partial charge on any atom is -0.497 e. The SMILES string of the molecule is COc1ccc(-c2n[nH]c3c2C(c2ccc(Cl)c(Cl)c2)N(Cc2ccc(C)cc2)C3=O)cc1. The maximum Gasteiger partial charge on any atom is 0.273 e. The van der Waals surface area contributed by atoms with Crippen LogP contribution in [0.2, 0.25) is 10.0 Å². The summed E-state index contributed by atoms with van der Waals surface area (Å²) in [6.45, 7) is 2.50. The third-order valence-corrected chi connectivity index (χ3v) is 6.70. The van der Waals surface area contributed by atoms with Crippen LogP contribution in [0.5, 0.6) is 5.75 Å². The van der Waals surface area contributed by atoms with Crippen LogP contribution in [0.1, 0.15) is 38.8 Å². The lowest BCUT2D eigenvalue weighted by atomic mass is 9.96. The van der Waals surface area contributed by atoms with Gasteiger partial charge in [0.2, 0.25) is 0 Å². The molecule has 166 valence electrons. The van der Waals surface area contributed by atoms with Crippen LogP contribution in [0.15, 0.2) is 66.7 Å². The molecule has 0 spiro atoms. The van der Waals surface area contributed by atoms with Crippen molar-refractivity contribution in [3.05, 3.63) is 105 Å². The smallest absolute Gasteiger partial charge is 0.273 e. The summed E-state index contributed by atoms with van der Waals surface area (Å²) in [6, 6.07) is 21.0. The monoisotopic (exact) mass is 477 g/mol. The van der Waals surface area contributed by atoms with Crippen LogP contribution >= 0.6 is 23.2 Å². The number of carbonyl (C=O) groups excluding carboxylic acids is 1. The first-order valence-electron chi connectivity index (χ1n) is 10.5. The van der Waals surface area contributed by atoms with Gasteiger partial charge in [-0.2, -0.15) is 5.10 Å². The molecular formula is C26H21Cl2N3O2. The fraction of sp³-hybridized carbons (Fsp3) is 0.154. The molecule has 0 saturated heterocycles. The van der Waals surface area contributed by atoms with E-state index >= 15 is 0 Å². The molecule has 0 fully saturated rings. The highest BCUT2D eigenvalue weighted by atomic mass is 35.5. The van der Waals surface area contributed by atoms with Gasteiger partial charge in [-0.1, -0.05) is 59.1 Å². The maximum absolute atomic E-state index is 13.5. The van der Waals surface area contributed by atoms with Gasteiger partial charge in [0.25, 0.3) is 5.91 Å². The number of hydrogen-bond donors (Lipinski definition) is 1. The molecule has 33 heavy (non-hydrogen) atoms. The van der Waals surface area contributed by atoms with Crippen molar-refractivity contribution >= 4 is 29.1 Å². The molecule has 1 aliphatic rings. The van der Waals surface area contributed by atoms with Crippen LogP contribution in [-0.4, -0.2) is 28.1 Å². The van der Waals surface area contributed by atoms with Gasteiger partial charge >= 0.3 is 0 Å². The predicted molar refractivity (Wildman–Crippen MR) is 130 cm³/mol.